The third-order valence-electron chi connectivity index (χ3n) is 3.02. The van der Waals surface area contributed by atoms with E-state index in [2.05, 4.69) is 35.7 Å². The van der Waals surface area contributed by atoms with Crippen LogP contribution < -0.4 is 0 Å². The second-order valence-electron chi connectivity index (χ2n) is 4.31. The molecule has 2 aromatic carbocycles. The van der Waals surface area contributed by atoms with Gasteiger partial charge in [-0.15, -0.1) is 11.8 Å². The maximum atomic E-state index is 5.88. The van der Waals surface area contributed by atoms with Crippen molar-refractivity contribution < 1.29 is 4.52 Å². The van der Waals surface area contributed by atoms with E-state index >= 15 is 0 Å². The fraction of sp³-hybridized carbons (Fsp3) is 0.0625. The first-order valence-electron chi connectivity index (χ1n) is 6.13. The van der Waals surface area contributed by atoms with Gasteiger partial charge in [-0.25, -0.2) is 0 Å². The number of nitrogens with zero attached hydrogens (tertiary/aromatic N) is 1. The molecule has 1 aromatic heterocycles. The van der Waals surface area contributed by atoms with Gasteiger partial charge < -0.3 is 4.52 Å². The van der Waals surface area contributed by atoms with E-state index in [1.807, 2.05) is 30.3 Å². The molecule has 100 valence electrons. The molecule has 2 nitrogen and oxygen atoms in total. The van der Waals surface area contributed by atoms with Gasteiger partial charge in [-0.2, -0.15) is 0 Å². The van der Waals surface area contributed by atoms with E-state index in [9.17, 15) is 0 Å². The second-order valence-corrected chi connectivity index (χ2v) is 5.63. The molecule has 0 atom stereocenters. The van der Waals surface area contributed by atoms with Crippen molar-refractivity contribution in [2.45, 2.75) is 4.90 Å². The van der Waals surface area contributed by atoms with Gasteiger partial charge in [-0.1, -0.05) is 28.9 Å². The van der Waals surface area contributed by atoms with Crippen LogP contribution in [0.2, 0.25) is 5.02 Å². The lowest BCUT2D eigenvalue weighted by molar-refractivity contribution is 0.435. The molecule has 0 saturated heterocycles. The smallest absolute Gasteiger partial charge is 0.167 e. The molecule has 0 spiro atoms. The van der Waals surface area contributed by atoms with Crippen LogP contribution in [0.4, 0.5) is 0 Å². The van der Waals surface area contributed by atoms with E-state index in [0.717, 1.165) is 22.6 Å². The molecule has 3 aromatic rings. The molecule has 0 unspecified atom stereocenters. The highest BCUT2D eigenvalue weighted by Gasteiger charge is 2.08. The summed E-state index contributed by atoms with van der Waals surface area (Å²) in [6, 6.07) is 17.7. The summed E-state index contributed by atoms with van der Waals surface area (Å²) in [4.78, 5) is 1.23. The van der Waals surface area contributed by atoms with Gasteiger partial charge in [0, 0.05) is 27.1 Å². The molecular formula is C16H12ClNOS. The fourth-order valence-corrected chi connectivity index (χ4v) is 2.46. The lowest BCUT2D eigenvalue weighted by Crippen LogP contribution is -1.76. The van der Waals surface area contributed by atoms with Crippen LogP contribution in [0.25, 0.3) is 22.6 Å². The van der Waals surface area contributed by atoms with Crippen LogP contribution in [0.3, 0.4) is 0 Å². The molecule has 3 rings (SSSR count). The van der Waals surface area contributed by atoms with Gasteiger partial charge >= 0.3 is 0 Å². The van der Waals surface area contributed by atoms with Crippen LogP contribution in [0, 0.1) is 0 Å². The minimum absolute atomic E-state index is 0.709. The Labute approximate surface area is 126 Å². The van der Waals surface area contributed by atoms with E-state index in [-0.39, 0.29) is 0 Å². The van der Waals surface area contributed by atoms with Crippen molar-refractivity contribution in [3.63, 3.8) is 0 Å². The first-order valence-corrected chi connectivity index (χ1v) is 7.73. The van der Waals surface area contributed by atoms with E-state index in [4.69, 9.17) is 16.1 Å². The Morgan fingerprint density at radius 1 is 0.950 bits per heavy atom. The normalized spacial score (nSPS) is 10.7. The third kappa shape index (κ3) is 2.74. The molecular weight excluding hydrogens is 290 g/mol. The van der Waals surface area contributed by atoms with Gasteiger partial charge in [0.2, 0.25) is 0 Å². The largest absolute Gasteiger partial charge is 0.356 e. The molecule has 0 amide bonds. The number of benzene rings is 2. The number of thioether (sulfide) groups is 1. The fourth-order valence-electron chi connectivity index (χ4n) is 1.92. The van der Waals surface area contributed by atoms with Crippen molar-refractivity contribution in [2.75, 3.05) is 6.26 Å². The quantitative estimate of drug-likeness (QED) is 0.607. The minimum Gasteiger partial charge on any atom is -0.356 e. The average molecular weight is 302 g/mol. The minimum atomic E-state index is 0.709. The highest BCUT2D eigenvalue weighted by molar-refractivity contribution is 7.98. The Kier molecular flexibility index (Phi) is 3.81. The number of hydrogen-bond acceptors (Lipinski definition) is 3. The maximum Gasteiger partial charge on any atom is 0.167 e. The topological polar surface area (TPSA) is 26.0 Å². The second kappa shape index (κ2) is 5.73. The highest BCUT2D eigenvalue weighted by Crippen LogP contribution is 2.28. The van der Waals surface area contributed by atoms with Gasteiger partial charge in [0.25, 0.3) is 0 Å². The summed E-state index contributed by atoms with van der Waals surface area (Å²) in [6.45, 7) is 0. The zero-order chi connectivity index (χ0) is 13.9. The van der Waals surface area contributed by atoms with E-state index in [1.165, 1.54) is 4.90 Å². The van der Waals surface area contributed by atoms with E-state index < -0.39 is 0 Å². The summed E-state index contributed by atoms with van der Waals surface area (Å²) >= 11 is 7.60. The van der Waals surface area contributed by atoms with Crippen molar-refractivity contribution in [2.24, 2.45) is 0 Å². The van der Waals surface area contributed by atoms with Crippen molar-refractivity contribution in [3.8, 4) is 22.6 Å². The Morgan fingerprint density at radius 2 is 1.60 bits per heavy atom. The zero-order valence-electron chi connectivity index (χ0n) is 10.8. The van der Waals surface area contributed by atoms with E-state index in [0.29, 0.717) is 5.02 Å². The number of rotatable bonds is 3. The van der Waals surface area contributed by atoms with Gasteiger partial charge in [0.15, 0.2) is 5.76 Å². The van der Waals surface area contributed by atoms with Crippen molar-refractivity contribution >= 4 is 23.4 Å². The van der Waals surface area contributed by atoms with Crippen LogP contribution in [0.15, 0.2) is 64.0 Å². The summed E-state index contributed by atoms with van der Waals surface area (Å²) in [5.74, 6) is 0.741. The number of halogens is 1. The summed E-state index contributed by atoms with van der Waals surface area (Å²) in [5.41, 5.74) is 2.85. The van der Waals surface area contributed by atoms with Crippen molar-refractivity contribution in [3.05, 3.63) is 59.6 Å². The summed E-state index contributed by atoms with van der Waals surface area (Å²) < 4.78 is 5.40. The Morgan fingerprint density at radius 3 is 2.25 bits per heavy atom. The molecule has 20 heavy (non-hydrogen) atoms. The Balaban J connectivity index is 1.91. The maximum absolute atomic E-state index is 5.88. The van der Waals surface area contributed by atoms with Crippen LogP contribution in [0.1, 0.15) is 0 Å². The average Bonchev–Trinajstić information content (AvgIpc) is 2.98. The standard InChI is InChI=1S/C16H12ClNOS/c1-20-14-8-4-11(5-9-14)15-10-16(19-18-15)12-2-6-13(17)7-3-12/h2-10H,1H3. The molecule has 0 saturated carbocycles. The molecule has 0 aliphatic heterocycles. The van der Waals surface area contributed by atoms with Gasteiger partial charge in [0.1, 0.15) is 5.69 Å². The number of hydrogen-bond donors (Lipinski definition) is 0. The number of aromatic nitrogens is 1. The van der Waals surface area contributed by atoms with Crippen LogP contribution >= 0.6 is 23.4 Å². The van der Waals surface area contributed by atoms with Crippen molar-refractivity contribution in [1.82, 2.24) is 5.16 Å². The monoisotopic (exact) mass is 301 g/mol. The molecule has 0 radical (unpaired) electrons. The van der Waals surface area contributed by atoms with Crippen LogP contribution in [-0.2, 0) is 0 Å². The summed E-state index contributed by atoms with van der Waals surface area (Å²) in [7, 11) is 0. The van der Waals surface area contributed by atoms with Crippen molar-refractivity contribution in [1.29, 1.82) is 0 Å². The molecule has 4 heteroatoms. The molecule has 0 aliphatic rings. The first-order chi connectivity index (χ1) is 9.76. The molecule has 0 N–H and O–H groups in total. The highest BCUT2D eigenvalue weighted by atomic mass is 35.5. The molecule has 0 aliphatic carbocycles. The lowest BCUT2D eigenvalue weighted by atomic mass is 10.1. The SMILES string of the molecule is CSc1ccc(-c2cc(-c3ccc(Cl)cc3)on2)cc1. The molecule has 0 fully saturated rings. The van der Waals surface area contributed by atoms with Gasteiger partial charge in [0.05, 0.1) is 0 Å². The van der Waals surface area contributed by atoms with Gasteiger partial charge in [-0.05, 0) is 42.7 Å². The Bertz CT molecular complexity index is 704. The van der Waals surface area contributed by atoms with Crippen LogP contribution in [-0.4, -0.2) is 11.4 Å². The summed E-state index contributed by atoms with van der Waals surface area (Å²) in [5, 5.41) is 4.84. The first kappa shape index (κ1) is 13.3. The third-order valence-corrected chi connectivity index (χ3v) is 4.02. The zero-order valence-corrected chi connectivity index (χ0v) is 12.4. The molecule has 0 bridgehead atoms. The predicted octanol–water partition coefficient (Wildman–Crippen LogP) is 5.38. The lowest BCUT2D eigenvalue weighted by Gasteiger charge is -1.97. The summed E-state index contributed by atoms with van der Waals surface area (Å²) in [6.07, 6.45) is 2.06. The Hall–Kier alpha value is -1.71. The van der Waals surface area contributed by atoms with Gasteiger partial charge in [-0.3, -0.25) is 0 Å². The van der Waals surface area contributed by atoms with Crippen LogP contribution in [0.5, 0.6) is 0 Å². The molecule has 1 heterocycles. The predicted molar refractivity (Wildman–Crippen MR) is 84.2 cm³/mol. The van der Waals surface area contributed by atoms with E-state index in [1.54, 1.807) is 11.8 Å².